The molecular weight excluding hydrogens is 588 g/mol. The Morgan fingerprint density at radius 3 is 2.29 bits per heavy atom. The van der Waals surface area contributed by atoms with E-state index in [1.54, 1.807) is 0 Å². The van der Waals surface area contributed by atoms with Gasteiger partial charge in [-0.15, -0.1) is 0 Å². The number of hydrogen-bond donors (Lipinski definition) is 9. The molecule has 15 atom stereocenters. The molecule has 256 valence electrons. The zero-order valence-electron chi connectivity index (χ0n) is 26.2. The van der Waals surface area contributed by atoms with Gasteiger partial charge in [-0.1, -0.05) is 25.5 Å². The number of carboxylic acid groups (broad SMARTS) is 1. The molecule has 12 heteroatoms. The second-order valence-corrected chi connectivity index (χ2v) is 15.8. The molecule has 6 rings (SSSR count). The summed E-state index contributed by atoms with van der Waals surface area (Å²) in [5.74, 6) is -0.646. The van der Waals surface area contributed by atoms with Crippen molar-refractivity contribution in [1.82, 2.24) is 0 Å². The standard InChI is InChI=1S/C33H52O12/c1-31(2)10-21-18-4-3-16-15(17(18)7-8-32(21,30(42)43)11-24(31)38)5-6-20-19(16)9-22(37)28(33(20,13-35)14-36)45-29-27(41)26(40)25(39)23(12-34)44-29/h4,15-17,19-29,34-41H,3,5-14H2,1-2H3,(H,42,43)/t15?,16?,17?,19?,20?,21?,22-,23?,24-,25?,26?,27?,28-,29?,32+/m0/s1. The monoisotopic (exact) mass is 640 g/mol. The Morgan fingerprint density at radius 1 is 0.933 bits per heavy atom. The highest BCUT2D eigenvalue weighted by molar-refractivity contribution is 5.76. The summed E-state index contributed by atoms with van der Waals surface area (Å²) >= 11 is 0. The molecule has 0 aromatic heterocycles. The molecule has 45 heavy (non-hydrogen) atoms. The molecule has 1 aliphatic heterocycles. The van der Waals surface area contributed by atoms with Crippen LogP contribution in [-0.2, 0) is 14.3 Å². The van der Waals surface area contributed by atoms with Crippen LogP contribution in [-0.4, -0.2) is 121 Å². The normalized spacial score (nSPS) is 50.3. The second-order valence-electron chi connectivity index (χ2n) is 15.8. The highest BCUT2D eigenvalue weighted by Gasteiger charge is 2.64. The zero-order chi connectivity index (χ0) is 32.6. The van der Waals surface area contributed by atoms with Crippen molar-refractivity contribution in [3.63, 3.8) is 0 Å². The van der Waals surface area contributed by atoms with E-state index in [0.717, 1.165) is 12.8 Å². The SMILES string of the molecule is CC1(C)CC2C3=CCC4C(CCC5C4C[C@H](O)[C@H](OC4OC(CO)C(O)C(O)C4O)C5(CO)CO)C3CC[C@@]2(C(=O)O)C[C@@H]1O. The minimum Gasteiger partial charge on any atom is -0.481 e. The molecule has 6 aliphatic rings. The van der Waals surface area contributed by atoms with E-state index in [2.05, 4.69) is 6.08 Å². The van der Waals surface area contributed by atoms with Crippen molar-refractivity contribution in [2.45, 2.75) is 114 Å². The number of carboxylic acids is 1. The van der Waals surface area contributed by atoms with E-state index >= 15 is 0 Å². The van der Waals surface area contributed by atoms with Crippen LogP contribution < -0.4 is 0 Å². The third-order valence-corrected chi connectivity index (χ3v) is 13.5. The Balaban J connectivity index is 1.27. The van der Waals surface area contributed by atoms with Crippen LogP contribution in [0.4, 0.5) is 0 Å². The molecule has 5 aliphatic carbocycles. The van der Waals surface area contributed by atoms with Gasteiger partial charge >= 0.3 is 5.97 Å². The molecule has 4 saturated carbocycles. The lowest BCUT2D eigenvalue weighted by Gasteiger charge is -2.62. The molecular formula is C33H52O12. The number of aliphatic hydroxyl groups excluding tert-OH is 8. The topological polar surface area (TPSA) is 218 Å². The predicted octanol–water partition coefficient (Wildman–Crippen LogP) is -0.226. The van der Waals surface area contributed by atoms with Crippen LogP contribution in [0.25, 0.3) is 0 Å². The van der Waals surface area contributed by atoms with Crippen molar-refractivity contribution in [3.8, 4) is 0 Å². The van der Waals surface area contributed by atoms with Crippen molar-refractivity contribution in [3.05, 3.63) is 11.6 Å². The van der Waals surface area contributed by atoms with Gasteiger partial charge in [0.05, 0.1) is 43.5 Å². The van der Waals surface area contributed by atoms with Gasteiger partial charge in [-0.25, -0.2) is 0 Å². The van der Waals surface area contributed by atoms with Gasteiger partial charge in [0.1, 0.15) is 24.4 Å². The Hall–Kier alpha value is -1.19. The first-order valence-corrected chi connectivity index (χ1v) is 16.7. The molecule has 0 amide bonds. The summed E-state index contributed by atoms with van der Waals surface area (Å²) in [5, 5.41) is 95.4. The predicted molar refractivity (Wildman–Crippen MR) is 157 cm³/mol. The molecule has 11 unspecified atom stereocenters. The molecule has 12 nitrogen and oxygen atoms in total. The van der Waals surface area contributed by atoms with Crippen LogP contribution in [0.15, 0.2) is 11.6 Å². The third kappa shape index (κ3) is 5.05. The van der Waals surface area contributed by atoms with E-state index < -0.39 is 91.1 Å². The Bertz CT molecular complexity index is 1140. The number of ether oxygens (including phenoxy) is 2. The van der Waals surface area contributed by atoms with E-state index in [-0.39, 0.29) is 41.9 Å². The van der Waals surface area contributed by atoms with Crippen molar-refractivity contribution < 1.29 is 60.2 Å². The summed E-state index contributed by atoms with van der Waals surface area (Å²) in [5.41, 5.74) is -1.45. The molecule has 0 spiro atoms. The van der Waals surface area contributed by atoms with Gasteiger partial charge in [-0.2, -0.15) is 0 Å². The van der Waals surface area contributed by atoms with Gasteiger partial charge in [0.2, 0.25) is 0 Å². The van der Waals surface area contributed by atoms with Crippen LogP contribution in [0.2, 0.25) is 0 Å². The highest BCUT2D eigenvalue weighted by Crippen LogP contribution is 2.65. The summed E-state index contributed by atoms with van der Waals surface area (Å²) in [6.45, 7) is 2.40. The second kappa shape index (κ2) is 12.0. The molecule has 0 bridgehead atoms. The van der Waals surface area contributed by atoms with E-state index in [1.165, 1.54) is 5.57 Å². The number of fused-ring (bicyclic) bond motifs is 7. The van der Waals surface area contributed by atoms with Crippen LogP contribution in [0.5, 0.6) is 0 Å². The lowest BCUT2D eigenvalue weighted by atomic mass is 9.44. The maximum atomic E-state index is 12.8. The van der Waals surface area contributed by atoms with Crippen molar-refractivity contribution in [2.24, 2.45) is 51.8 Å². The maximum Gasteiger partial charge on any atom is 0.310 e. The maximum absolute atomic E-state index is 12.8. The van der Waals surface area contributed by atoms with E-state index in [9.17, 15) is 50.8 Å². The van der Waals surface area contributed by atoms with Crippen LogP contribution >= 0.6 is 0 Å². The van der Waals surface area contributed by atoms with E-state index in [1.807, 2.05) is 13.8 Å². The highest BCUT2D eigenvalue weighted by atomic mass is 16.7. The molecule has 1 saturated heterocycles. The zero-order valence-corrected chi connectivity index (χ0v) is 26.2. The molecule has 0 aromatic rings. The number of allylic oxidation sites excluding steroid dienone is 2. The van der Waals surface area contributed by atoms with Crippen LogP contribution in [0, 0.1) is 51.8 Å². The first-order valence-electron chi connectivity index (χ1n) is 16.7. The summed E-state index contributed by atoms with van der Waals surface area (Å²) in [6, 6.07) is 0. The van der Waals surface area contributed by atoms with E-state index in [0.29, 0.717) is 32.1 Å². The molecule has 0 aromatic carbocycles. The number of aliphatic hydroxyl groups is 8. The van der Waals surface area contributed by atoms with Gasteiger partial charge in [-0.05, 0) is 92.3 Å². The minimum atomic E-state index is -1.68. The fraction of sp³-hybridized carbons (Fsp3) is 0.909. The lowest BCUT2D eigenvalue weighted by molar-refractivity contribution is -0.342. The van der Waals surface area contributed by atoms with Gasteiger partial charge in [0.25, 0.3) is 0 Å². The third-order valence-electron chi connectivity index (χ3n) is 13.5. The Morgan fingerprint density at radius 2 is 1.64 bits per heavy atom. The number of carbonyl (C=O) groups is 1. The fourth-order valence-corrected chi connectivity index (χ4v) is 10.9. The Labute approximate surface area is 263 Å². The lowest BCUT2D eigenvalue weighted by Crippen LogP contribution is -2.66. The minimum absolute atomic E-state index is 0.0544. The molecule has 0 radical (unpaired) electrons. The number of rotatable bonds is 6. The first kappa shape index (κ1) is 33.7. The van der Waals surface area contributed by atoms with E-state index in [4.69, 9.17) is 9.47 Å². The quantitative estimate of drug-likeness (QED) is 0.136. The summed E-state index contributed by atoms with van der Waals surface area (Å²) in [7, 11) is 0. The molecule has 5 fully saturated rings. The van der Waals surface area contributed by atoms with Crippen molar-refractivity contribution in [1.29, 1.82) is 0 Å². The van der Waals surface area contributed by atoms with Gasteiger partial charge in [-0.3, -0.25) is 4.79 Å². The molecule has 1 heterocycles. The van der Waals surface area contributed by atoms with Crippen molar-refractivity contribution in [2.75, 3.05) is 19.8 Å². The summed E-state index contributed by atoms with van der Waals surface area (Å²) in [4.78, 5) is 12.8. The first-order chi connectivity index (χ1) is 21.3. The van der Waals surface area contributed by atoms with Gasteiger partial charge in [0, 0.05) is 5.41 Å². The number of aliphatic carboxylic acids is 1. The van der Waals surface area contributed by atoms with Gasteiger partial charge in [0.15, 0.2) is 6.29 Å². The van der Waals surface area contributed by atoms with Crippen molar-refractivity contribution >= 4 is 5.97 Å². The van der Waals surface area contributed by atoms with Crippen LogP contribution in [0.1, 0.15) is 65.2 Å². The fourth-order valence-electron chi connectivity index (χ4n) is 10.9. The summed E-state index contributed by atoms with van der Waals surface area (Å²) in [6.07, 6.45) is -3.82. The average molecular weight is 641 g/mol. The van der Waals surface area contributed by atoms with Crippen LogP contribution in [0.3, 0.4) is 0 Å². The van der Waals surface area contributed by atoms with Gasteiger partial charge < -0.3 is 55.4 Å². The molecule has 9 N–H and O–H groups in total. The average Bonchev–Trinajstić information content (AvgIpc) is 3.01. The number of hydrogen-bond acceptors (Lipinski definition) is 11. The summed E-state index contributed by atoms with van der Waals surface area (Å²) < 4.78 is 11.6. The largest absolute Gasteiger partial charge is 0.481 e. The smallest absolute Gasteiger partial charge is 0.310 e. The Kier molecular flexibility index (Phi) is 9.02.